The Morgan fingerprint density at radius 3 is 2.67 bits per heavy atom. The second-order valence-electron chi connectivity index (χ2n) is 4.89. The third-order valence-corrected chi connectivity index (χ3v) is 3.52. The summed E-state index contributed by atoms with van der Waals surface area (Å²) in [5.41, 5.74) is 2.59. The van der Waals surface area contributed by atoms with Crippen molar-refractivity contribution in [2.24, 2.45) is 0 Å². The highest BCUT2D eigenvalue weighted by Gasteiger charge is 2.19. The van der Waals surface area contributed by atoms with Gasteiger partial charge in [-0.3, -0.25) is 4.79 Å². The first kappa shape index (κ1) is 13.1. The number of nitrogens with one attached hydrogen (secondary N) is 2. The fourth-order valence-electron chi connectivity index (χ4n) is 2.27. The summed E-state index contributed by atoms with van der Waals surface area (Å²) in [5.74, 6) is 0.151. The van der Waals surface area contributed by atoms with Gasteiger partial charge in [-0.2, -0.15) is 0 Å². The lowest BCUT2D eigenvalue weighted by molar-refractivity contribution is -0.122. The molecule has 18 heavy (non-hydrogen) atoms. The van der Waals surface area contributed by atoms with Crippen LogP contribution in [0.4, 0.5) is 0 Å². The number of amides is 1. The van der Waals surface area contributed by atoms with Gasteiger partial charge in [-0.25, -0.2) is 0 Å². The number of carbonyl (C=O) groups is 1. The Hall–Kier alpha value is -1.35. The molecule has 98 valence electrons. The van der Waals surface area contributed by atoms with Gasteiger partial charge in [0, 0.05) is 13.1 Å². The molecule has 1 unspecified atom stereocenters. The fraction of sp³-hybridized carbons (Fsp3) is 0.533. The molecule has 0 spiro atoms. The van der Waals surface area contributed by atoms with Crippen LogP contribution in [-0.2, 0) is 17.8 Å². The van der Waals surface area contributed by atoms with Crippen molar-refractivity contribution in [3.05, 3.63) is 35.4 Å². The minimum atomic E-state index is -0.0293. The molecule has 3 nitrogen and oxygen atoms in total. The van der Waals surface area contributed by atoms with Gasteiger partial charge in [0.2, 0.25) is 5.91 Å². The molecule has 1 fully saturated rings. The maximum absolute atomic E-state index is 11.8. The van der Waals surface area contributed by atoms with Gasteiger partial charge in [-0.1, -0.05) is 31.2 Å². The summed E-state index contributed by atoms with van der Waals surface area (Å²) in [6.07, 6.45) is 4.22. The number of rotatable bonds is 4. The van der Waals surface area contributed by atoms with Gasteiger partial charge < -0.3 is 10.6 Å². The van der Waals surface area contributed by atoms with E-state index in [1.165, 1.54) is 11.1 Å². The number of benzene rings is 1. The maximum atomic E-state index is 11.8. The van der Waals surface area contributed by atoms with E-state index in [1.807, 2.05) is 0 Å². The Morgan fingerprint density at radius 1 is 1.22 bits per heavy atom. The van der Waals surface area contributed by atoms with Crippen molar-refractivity contribution in [2.75, 3.05) is 6.54 Å². The van der Waals surface area contributed by atoms with Crippen molar-refractivity contribution in [2.45, 2.75) is 45.2 Å². The summed E-state index contributed by atoms with van der Waals surface area (Å²) >= 11 is 0. The zero-order valence-corrected chi connectivity index (χ0v) is 11.0. The quantitative estimate of drug-likeness (QED) is 0.853. The van der Waals surface area contributed by atoms with Crippen molar-refractivity contribution >= 4 is 5.91 Å². The third kappa shape index (κ3) is 3.57. The number of hydrogen-bond acceptors (Lipinski definition) is 2. The molecule has 3 heteroatoms. The predicted octanol–water partition coefficient (Wildman–Crippen LogP) is 2.01. The van der Waals surface area contributed by atoms with E-state index >= 15 is 0 Å². The van der Waals surface area contributed by atoms with E-state index in [2.05, 4.69) is 41.8 Å². The highest BCUT2D eigenvalue weighted by molar-refractivity contribution is 5.81. The first-order valence-electron chi connectivity index (χ1n) is 6.88. The monoisotopic (exact) mass is 246 g/mol. The van der Waals surface area contributed by atoms with Crippen LogP contribution < -0.4 is 10.6 Å². The van der Waals surface area contributed by atoms with Crippen LogP contribution in [0.15, 0.2) is 24.3 Å². The summed E-state index contributed by atoms with van der Waals surface area (Å²) in [6.45, 7) is 3.74. The van der Waals surface area contributed by atoms with Crippen LogP contribution in [0.25, 0.3) is 0 Å². The molecule has 0 aliphatic carbocycles. The number of hydrogen-bond donors (Lipinski definition) is 2. The Kier molecular flexibility index (Phi) is 4.76. The molecule has 0 bridgehead atoms. The zero-order valence-electron chi connectivity index (χ0n) is 11.0. The van der Waals surface area contributed by atoms with E-state index in [0.717, 1.165) is 38.8 Å². The minimum absolute atomic E-state index is 0.0293. The van der Waals surface area contributed by atoms with Gasteiger partial charge in [0.25, 0.3) is 0 Å². The van der Waals surface area contributed by atoms with E-state index in [1.54, 1.807) is 0 Å². The normalized spacial score (nSPS) is 20.3. The largest absolute Gasteiger partial charge is 0.355 e. The molecule has 1 saturated heterocycles. The first-order chi connectivity index (χ1) is 8.79. The molecule has 1 aromatic carbocycles. The van der Waals surface area contributed by atoms with Crippen molar-refractivity contribution in [3.63, 3.8) is 0 Å². The fourth-order valence-corrected chi connectivity index (χ4v) is 2.27. The molecule has 1 aliphatic rings. The maximum Gasteiger partial charge on any atom is 0.237 e. The second kappa shape index (κ2) is 6.55. The molecule has 1 aliphatic heterocycles. The first-order valence-corrected chi connectivity index (χ1v) is 6.88. The van der Waals surface area contributed by atoms with E-state index in [4.69, 9.17) is 0 Å². The van der Waals surface area contributed by atoms with Crippen LogP contribution >= 0.6 is 0 Å². The van der Waals surface area contributed by atoms with Crippen LogP contribution in [0, 0.1) is 0 Å². The summed E-state index contributed by atoms with van der Waals surface area (Å²) in [5, 5.41) is 6.30. The topological polar surface area (TPSA) is 41.1 Å². The van der Waals surface area contributed by atoms with E-state index in [0.29, 0.717) is 0 Å². The molecule has 1 atom stereocenters. The van der Waals surface area contributed by atoms with Crippen LogP contribution in [0.2, 0.25) is 0 Å². The number of aryl methyl sites for hydroxylation is 1. The van der Waals surface area contributed by atoms with Crippen LogP contribution in [0.3, 0.4) is 0 Å². The zero-order chi connectivity index (χ0) is 12.8. The highest BCUT2D eigenvalue weighted by atomic mass is 16.2. The van der Waals surface area contributed by atoms with Gasteiger partial charge in [0.1, 0.15) is 0 Å². The van der Waals surface area contributed by atoms with E-state index < -0.39 is 0 Å². The Morgan fingerprint density at radius 2 is 1.94 bits per heavy atom. The van der Waals surface area contributed by atoms with Crippen LogP contribution in [0.1, 0.15) is 37.3 Å². The smallest absolute Gasteiger partial charge is 0.237 e. The molecule has 2 rings (SSSR count). The summed E-state index contributed by atoms with van der Waals surface area (Å²) in [4.78, 5) is 11.8. The predicted molar refractivity (Wildman–Crippen MR) is 73.3 cm³/mol. The standard InChI is InChI=1S/C15H22N2O/c1-2-12-6-8-13(9-7-12)11-17-14-5-3-4-10-16-15(14)18/h6-9,14,17H,2-5,10-11H2,1H3,(H,16,18). The molecular formula is C15H22N2O. The van der Waals surface area contributed by atoms with E-state index in [9.17, 15) is 4.79 Å². The SMILES string of the molecule is CCc1ccc(CNC2CCCCNC2=O)cc1. The third-order valence-electron chi connectivity index (χ3n) is 3.52. The lowest BCUT2D eigenvalue weighted by Crippen LogP contribution is -2.42. The lowest BCUT2D eigenvalue weighted by Gasteiger charge is -2.15. The van der Waals surface area contributed by atoms with Crippen molar-refractivity contribution < 1.29 is 4.79 Å². The molecule has 0 saturated carbocycles. The van der Waals surface area contributed by atoms with Crippen molar-refractivity contribution in [3.8, 4) is 0 Å². The van der Waals surface area contributed by atoms with Crippen LogP contribution in [-0.4, -0.2) is 18.5 Å². The molecule has 1 heterocycles. The molecule has 0 aromatic heterocycles. The molecule has 0 radical (unpaired) electrons. The van der Waals surface area contributed by atoms with Crippen molar-refractivity contribution in [1.82, 2.24) is 10.6 Å². The van der Waals surface area contributed by atoms with Gasteiger partial charge in [0.15, 0.2) is 0 Å². The van der Waals surface area contributed by atoms with Gasteiger partial charge in [-0.05, 0) is 36.8 Å². The van der Waals surface area contributed by atoms with E-state index in [-0.39, 0.29) is 11.9 Å². The molecule has 1 amide bonds. The van der Waals surface area contributed by atoms with Gasteiger partial charge in [0.05, 0.1) is 6.04 Å². The average Bonchev–Trinajstić information content (AvgIpc) is 2.62. The van der Waals surface area contributed by atoms with Crippen LogP contribution in [0.5, 0.6) is 0 Å². The molecule has 2 N–H and O–H groups in total. The summed E-state index contributed by atoms with van der Waals surface area (Å²) in [6, 6.07) is 8.56. The molecular weight excluding hydrogens is 224 g/mol. The van der Waals surface area contributed by atoms with Gasteiger partial charge in [-0.15, -0.1) is 0 Å². The lowest BCUT2D eigenvalue weighted by atomic mass is 10.1. The summed E-state index contributed by atoms with van der Waals surface area (Å²) in [7, 11) is 0. The molecule has 1 aromatic rings. The van der Waals surface area contributed by atoms with Gasteiger partial charge >= 0.3 is 0 Å². The Labute approximate surface area is 109 Å². The van der Waals surface area contributed by atoms with Crippen molar-refractivity contribution in [1.29, 1.82) is 0 Å². The summed E-state index contributed by atoms with van der Waals surface area (Å²) < 4.78 is 0. The minimum Gasteiger partial charge on any atom is -0.355 e. The average molecular weight is 246 g/mol. The second-order valence-corrected chi connectivity index (χ2v) is 4.89. The Balaban J connectivity index is 1.87. The Bertz CT molecular complexity index is 386. The highest BCUT2D eigenvalue weighted by Crippen LogP contribution is 2.08. The number of carbonyl (C=O) groups excluding carboxylic acids is 1.